The molecule has 1 aliphatic carbocycles. The van der Waals surface area contributed by atoms with E-state index < -0.39 is 5.54 Å². The molecule has 2 N–H and O–H groups in total. The van der Waals surface area contributed by atoms with Crippen LogP contribution in [0.3, 0.4) is 0 Å². The molecule has 7 heteroatoms. The molecule has 1 amide bonds. The lowest BCUT2D eigenvalue weighted by Gasteiger charge is -2.43. The highest BCUT2D eigenvalue weighted by molar-refractivity contribution is 7.09. The highest BCUT2D eigenvalue weighted by Gasteiger charge is 2.49. The highest BCUT2D eigenvalue weighted by Crippen LogP contribution is 2.42. The van der Waals surface area contributed by atoms with Crippen LogP contribution in [-0.4, -0.2) is 37.0 Å². The molecule has 2 heterocycles. The minimum Gasteiger partial charge on any atom is -0.349 e. The Balaban J connectivity index is 0.00000121. The Morgan fingerprint density at radius 1 is 1.15 bits per heavy atom. The fourth-order valence-electron chi connectivity index (χ4n) is 4.07. The van der Waals surface area contributed by atoms with E-state index in [9.17, 15) is 4.79 Å². The standard InChI is InChI=1S/C19H23N3OS.2ClH/c23-18(21-14-16-5-3-13-24-16)19(22-11-9-20-10-12-22)8-7-15-4-1-2-6-17(15)19;;/h1-6,13,20H,7-12,14H2,(H,21,23);2*1H. The summed E-state index contributed by atoms with van der Waals surface area (Å²) in [5.41, 5.74) is 2.02. The van der Waals surface area contributed by atoms with Gasteiger partial charge in [0, 0.05) is 31.1 Å². The van der Waals surface area contributed by atoms with E-state index in [1.807, 2.05) is 6.07 Å². The normalized spacial score (nSPS) is 22.0. The number of benzene rings is 1. The number of fused-ring (bicyclic) bond motifs is 1. The first-order chi connectivity index (χ1) is 11.8. The molecule has 1 aliphatic heterocycles. The summed E-state index contributed by atoms with van der Waals surface area (Å²) in [6, 6.07) is 12.6. The second-order valence-corrected chi connectivity index (χ2v) is 7.55. The predicted octanol–water partition coefficient (Wildman–Crippen LogP) is 2.95. The van der Waals surface area contributed by atoms with Gasteiger partial charge in [-0.1, -0.05) is 30.3 Å². The fourth-order valence-corrected chi connectivity index (χ4v) is 4.72. The second-order valence-electron chi connectivity index (χ2n) is 6.52. The molecule has 1 fully saturated rings. The fraction of sp³-hybridized carbons (Fsp3) is 0.421. The molecular weight excluding hydrogens is 389 g/mol. The Morgan fingerprint density at radius 2 is 1.92 bits per heavy atom. The number of thiophene rings is 1. The van der Waals surface area contributed by atoms with Crippen molar-refractivity contribution >= 4 is 42.1 Å². The van der Waals surface area contributed by atoms with Crippen molar-refractivity contribution in [3.05, 3.63) is 57.8 Å². The molecule has 1 aromatic heterocycles. The van der Waals surface area contributed by atoms with Crippen LogP contribution in [0.4, 0.5) is 0 Å². The molecule has 4 rings (SSSR count). The number of halogens is 2. The van der Waals surface area contributed by atoms with Crippen molar-refractivity contribution in [3.63, 3.8) is 0 Å². The third-order valence-electron chi connectivity index (χ3n) is 5.25. The molecular formula is C19H25Cl2N3OS. The largest absolute Gasteiger partial charge is 0.349 e. The maximum atomic E-state index is 13.4. The SMILES string of the molecule is Cl.Cl.O=C(NCc1cccs1)C1(N2CCNCC2)CCc2ccccc21. The van der Waals surface area contributed by atoms with E-state index in [-0.39, 0.29) is 30.7 Å². The van der Waals surface area contributed by atoms with Crippen molar-refractivity contribution in [1.29, 1.82) is 0 Å². The zero-order valence-corrected chi connectivity index (χ0v) is 17.0. The van der Waals surface area contributed by atoms with Crippen LogP contribution in [0.25, 0.3) is 0 Å². The number of aryl methyl sites for hydroxylation is 1. The van der Waals surface area contributed by atoms with Crippen molar-refractivity contribution in [3.8, 4) is 0 Å². The van der Waals surface area contributed by atoms with Crippen molar-refractivity contribution in [2.75, 3.05) is 26.2 Å². The number of amides is 1. The van der Waals surface area contributed by atoms with Gasteiger partial charge in [0.05, 0.1) is 6.54 Å². The zero-order valence-electron chi connectivity index (χ0n) is 14.6. The number of rotatable bonds is 4. The van der Waals surface area contributed by atoms with Gasteiger partial charge in [0.2, 0.25) is 5.91 Å². The lowest BCUT2D eigenvalue weighted by molar-refractivity contribution is -0.135. The highest BCUT2D eigenvalue weighted by atomic mass is 35.5. The minimum atomic E-state index is -0.504. The molecule has 0 radical (unpaired) electrons. The Hall–Kier alpha value is -1.11. The van der Waals surface area contributed by atoms with Crippen LogP contribution in [0, 0.1) is 0 Å². The van der Waals surface area contributed by atoms with Gasteiger partial charge in [0.25, 0.3) is 0 Å². The van der Waals surface area contributed by atoms with Gasteiger partial charge in [-0.3, -0.25) is 9.69 Å². The van der Waals surface area contributed by atoms with Gasteiger partial charge in [0.15, 0.2) is 0 Å². The first-order valence-electron chi connectivity index (χ1n) is 8.65. The number of nitrogens with zero attached hydrogens (tertiary/aromatic N) is 1. The van der Waals surface area contributed by atoms with Crippen molar-refractivity contribution in [1.82, 2.24) is 15.5 Å². The average Bonchev–Trinajstić information content (AvgIpc) is 3.29. The number of hydrogen-bond donors (Lipinski definition) is 2. The molecule has 0 bridgehead atoms. The summed E-state index contributed by atoms with van der Waals surface area (Å²) >= 11 is 1.69. The minimum absolute atomic E-state index is 0. The van der Waals surface area contributed by atoms with Crippen molar-refractivity contribution < 1.29 is 4.79 Å². The van der Waals surface area contributed by atoms with Crippen LogP contribution in [0.1, 0.15) is 22.4 Å². The lowest BCUT2D eigenvalue weighted by atomic mass is 9.87. The second kappa shape index (κ2) is 9.20. The third kappa shape index (κ3) is 3.78. The topological polar surface area (TPSA) is 44.4 Å². The molecule has 1 unspecified atom stereocenters. The van der Waals surface area contributed by atoms with Gasteiger partial charge in [-0.25, -0.2) is 0 Å². The predicted molar refractivity (Wildman–Crippen MR) is 112 cm³/mol. The van der Waals surface area contributed by atoms with E-state index >= 15 is 0 Å². The van der Waals surface area contributed by atoms with Crippen LogP contribution >= 0.6 is 36.2 Å². The average molecular weight is 414 g/mol. The maximum absolute atomic E-state index is 13.4. The number of hydrogen-bond acceptors (Lipinski definition) is 4. The third-order valence-corrected chi connectivity index (χ3v) is 6.13. The quantitative estimate of drug-likeness (QED) is 0.809. The molecule has 4 nitrogen and oxygen atoms in total. The number of nitrogens with one attached hydrogen (secondary N) is 2. The van der Waals surface area contributed by atoms with E-state index in [0.29, 0.717) is 6.54 Å². The van der Waals surface area contributed by atoms with Crippen LogP contribution in [0.2, 0.25) is 0 Å². The molecule has 2 aromatic rings. The summed E-state index contributed by atoms with van der Waals surface area (Å²) in [5.74, 6) is 0.155. The summed E-state index contributed by atoms with van der Waals surface area (Å²) in [5, 5.41) is 8.67. The number of piperazine rings is 1. The molecule has 0 saturated carbocycles. The van der Waals surface area contributed by atoms with Crippen molar-refractivity contribution in [2.24, 2.45) is 0 Å². The molecule has 1 saturated heterocycles. The Bertz CT molecular complexity index is 719. The van der Waals surface area contributed by atoms with E-state index in [4.69, 9.17) is 0 Å². The van der Waals surface area contributed by atoms with Gasteiger partial charge in [-0.15, -0.1) is 36.2 Å². The molecule has 1 atom stereocenters. The van der Waals surface area contributed by atoms with Gasteiger partial charge in [-0.2, -0.15) is 0 Å². The summed E-state index contributed by atoms with van der Waals surface area (Å²) in [6.07, 6.45) is 1.86. The van der Waals surface area contributed by atoms with E-state index in [1.54, 1.807) is 11.3 Å². The smallest absolute Gasteiger partial charge is 0.245 e. The number of carbonyl (C=O) groups excluding carboxylic acids is 1. The molecule has 1 aromatic carbocycles. The van der Waals surface area contributed by atoms with Gasteiger partial charge < -0.3 is 10.6 Å². The summed E-state index contributed by atoms with van der Waals surface area (Å²) in [6.45, 7) is 4.35. The first kappa shape index (κ1) is 21.2. The summed E-state index contributed by atoms with van der Waals surface area (Å²) in [4.78, 5) is 16.9. The van der Waals surface area contributed by atoms with E-state index in [0.717, 1.165) is 39.0 Å². The first-order valence-corrected chi connectivity index (χ1v) is 9.53. The van der Waals surface area contributed by atoms with E-state index in [2.05, 4.69) is 51.2 Å². The Kier molecular flexibility index (Phi) is 7.50. The molecule has 26 heavy (non-hydrogen) atoms. The summed E-state index contributed by atoms with van der Waals surface area (Å²) < 4.78 is 0. The summed E-state index contributed by atoms with van der Waals surface area (Å²) in [7, 11) is 0. The maximum Gasteiger partial charge on any atom is 0.245 e. The van der Waals surface area contributed by atoms with Gasteiger partial charge in [0.1, 0.15) is 5.54 Å². The molecule has 142 valence electrons. The van der Waals surface area contributed by atoms with Crippen LogP contribution in [0.5, 0.6) is 0 Å². The Labute approximate surface area is 171 Å². The van der Waals surface area contributed by atoms with Gasteiger partial charge >= 0.3 is 0 Å². The van der Waals surface area contributed by atoms with Crippen LogP contribution < -0.4 is 10.6 Å². The molecule has 0 spiro atoms. The molecule has 2 aliphatic rings. The van der Waals surface area contributed by atoms with Crippen LogP contribution in [0.15, 0.2) is 41.8 Å². The van der Waals surface area contributed by atoms with Crippen LogP contribution in [-0.2, 0) is 23.3 Å². The number of carbonyl (C=O) groups is 1. The lowest BCUT2D eigenvalue weighted by Crippen LogP contribution is -2.60. The van der Waals surface area contributed by atoms with E-state index in [1.165, 1.54) is 16.0 Å². The zero-order chi connectivity index (χ0) is 16.4. The monoisotopic (exact) mass is 413 g/mol. The van der Waals surface area contributed by atoms with Gasteiger partial charge in [-0.05, 0) is 35.4 Å². The Morgan fingerprint density at radius 3 is 2.65 bits per heavy atom. The van der Waals surface area contributed by atoms with Crippen molar-refractivity contribution in [2.45, 2.75) is 24.9 Å².